The molecule has 1 aliphatic heterocycles. The Hall–Kier alpha value is -2.79. The molecule has 0 radical (unpaired) electrons. The minimum Gasteiger partial charge on any atom is -0.433 e. The molecule has 0 unspecified atom stereocenters. The van der Waals surface area contributed by atoms with Gasteiger partial charge >= 0.3 is 6.61 Å². The number of morpholine rings is 1. The highest BCUT2D eigenvalue weighted by Gasteiger charge is 2.42. The fraction of sp³-hybridized carbons (Fsp3) is 0.571. The van der Waals surface area contributed by atoms with E-state index in [9.17, 15) is 23.2 Å². The van der Waals surface area contributed by atoms with Gasteiger partial charge in [0.1, 0.15) is 6.61 Å². The Labute approximate surface area is 183 Å². The zero-order valence-corrected chi connectivity index (χ0v) is 17.5. The van der Waals surface area contributed by atoms with Crippen molar-refractivity contribution < 1.29 is 32.6 Å². The molecule has 1 saturated heterocycles. The summed E-state index contributed by atoms with van der Waals surface area (Å²) in [6.07, 6.45) is 3.93. The molecule has 2 saturated carbocycles. The maximum absolute atomic E-state index is 13.0. The highest BCUT2D eigenvalue weighted by molar-refractivity contribution is 6.10. The third kappa shape index (κ3) is 5.33. The number of rotatable bonds is 10. The summed E-state index contributed by atoms with van der Waals surface area (Å²) in [5.41, 5.74) is 5.87. The second-order valence-corrected chi connectivity index (χ2v) is 8.32. The van der Waals surface area contributed by atoms with Crippen LogP contribution in [0.2, 0.25) is 0 Å². The first-order valence-corrected chi connectivity index (χ1v) is 10.7. The number of hydrogen-bond acceptors (Lipinski definition) is 6. The van der Waals surface area contributed by atoms with Gasteiger partial charge in [0, 0.05) is 30.9 Å². The van der Waals surface area contributed by atoms with Gasteiger partial charge in [-0.1, -0.05) is 0 Å². The molecule has 1 aromatic carbocycles. The van der Waals surface area contributed by atoms with Crippen LogP contribution in [0.3, 0.4) is 0 Å². The van der Waals surface area contributed by atoms with Crippen LogP contribution in [0.4, 0.5) is 20.2 Å². The van der Waals surface area contributed by atoms with Crippen LogP contribution < -0.4 is 20.7 Å². The van der Waals surface area contributed by atoms with Crippen molar-refractivity contribution in [3.63, 3.8) is 0 Å². The summed E-state index contributed by atoms with van der Waals surface area (Å²) < 4.78 is 35.7. The first-order valence-electron chi connectivity index (χ1n) is 10.7. The fourth-order valence-electron chi connectivity index (χ4n) is 3.90. The SMILES string of the molecule is NC(=O)[C@@H](C(=O)Nc1ccc(N2CCOCC2=O)c(OC(F)F)c1)N(CC1CC1)C1CC1. The van der Waals surface area contributed by atoms with Gasteiger partial charge in [0.15, 0.2) is 11.8 Å². The normalized spacial score (nSPS) is 19.9. The van der Waals surface area contributed by atoms with E-state index < -0.39 is 24.5 Å². The van der Waals surface area contributed by atoms with Crippen molar-refractivity contribution in [1.29, 1.82) is 0 Å². The molecule has 1 heterocycles. The lowest BCUT2D eigenvalue weighted by molar-refractivity contribution is -0.133. The minimum atomic E-state index is -3.13. The van der Waals surface area contributed by atoms with Crippen LogP contribution in [0, 0.1) is 5.92 Å². The van der Waals surface area contributed by atoms with Gasteiger partial charge in [-0.2, -0.15) is 8.78 Å². The molecule has 32 heavy (non-hydrogen) atoms. The number of halogens is 2. The summed E-state index contributed by atoms with van der Waals surface area (Å²) >= 11 is 0. The van der Waals surface area contributed by atoms with E-state index in [-0.39, 0.29) is 48.8 Å². The van der Waals surface area contributed by atoms with E-state index in [1.54, 1.807) is 0 Å². The monoisotopic (exact) mass is 452 g/mol. The smallest absolute Gasteiger partial charge is 0.387 e. The Morgan fingerprint density at radius 2 is 2.03 bits per heavy atom. The molecular formula is C21H26F2N4O5. The average Bonchev–Trinajstić information content (AvgIpc) is 3.62. The van der Waals surface area contributed by atoms with Gasteiger partial charge in [0.2, 0.25) is 5.91 Å². The van der Waals surface area contributed by atoms with Crippen molar-refractivity contribution >= 4 is 29.1 Å². The topological polar surface area (TPSA) is 114 Å². The maximum Gasteiger partial charge on any atom is 0.387 e. The maximum atomic E-state index is 13.0. The first-order chi connectivity index (χ1) is 15.3. The van der Waals surface area contributed by atoms with Crippen LogP contribution in [0.5, 0.6) is 5.75 Å². The lowest BCUT2D eigenvalue weighted by atomic mass is 10.1. The second kappa shape index (κ2) is 9.37. The van der Waals surface area contributed by atoms with E-state index in [0.29, 0.717) is 12.5 Å². The molecule has 9 nitrogen and oxygen atoms in total. The van der Waals surface area contributed by atoms with Gasteiger partial charge < -0.3 is 25.4 Å². The van der Waals surface area contributed by atoms with E-state index in [2.05, 4.69) is 10.1 Å². The molecule has 2 aliphatic carbocycles. The molecule has 3 fully saturated rings. The first kappa shape index (κ1) is 22.4. The molecule has 1 atom stereocenters. The molecule has 3 N–H and O–H groups in total. The van der Waals surface area contributed by atoms with Crippen LogP contribution in [0.25, 0.3) is 0 Å². The van der Waals surface area contributed by atoms with Crippen LogP contribution in [0.15, 0.2) is 18.2 Å². The van der Waals surface area contributed by atoms with E-state index in [1.807, 2.05) is 4.90 Å². The quantitative estimate of drug-likeness (QED) is 0.518. The van der Waals surface area contributed by atoms with Crippen molar-refractivity contribution in [1.82, 2.24) is 4.90 Å². The Balaban J connectivity index is 1.54. The number of amides is 3. The number of carbonyl (C=O) groups excluding carboxylic acids is 3. The summed E-state index contributed by atoms with van der Waals surface area (Å²) in [5.74, 6) is -1.57. The zero-order chi connectivity index (χ0) is 22.8. The predicted octanol–water partition coefficient (Wildman–Crippen LogP) is 1.32. The molecular weight excluding hydrogens is 426 g/mol. The number of primary amides is 1. The number of anilines is 2. The summed E-state index contributed by atoms with van der Waals surface area (Å²) in [5, 5.41) is 2.60. The van der Waals surface area contributed by atoms with Crippen molar-refractivity contribution in [2.45, 2.75) is 44.4 Å². The van der Waals surface area contributed by atoms with Gasteiger partial charge in [-0.15, -0.1) is 0 Å². The highest BCUT2D eigenvalue weighted by atomic mass is 19.3. The van der Waals surface area contributed by atoms with Crippen LogP contribution in [0.1, 0.15) is 25.7 Å². The summed E-state index contributed by atoms with van der Waals surface area (Å²) in [6, 6.07) is 3.09. The lowest BCUT2D eigenvalue weighted by Crippen LogP contribution is -2.53. The van der Waals surface area contributed by atoms with Gasteiger partial charge in [0.05, 0.1) is 12.3 Å². The third-order valence-corrected chi connectivity index (χ3v) is 5.75. The molecule has 0 spiro atoms. The lowest BCUT2D eigenvalue weighted by Gasteiger charge is -2.29. The molecule has 11 heteroatoms. The molecule has 3 amide bonds. The number of carbonyl (C=O) groups is 3. The van der Waals surface area contributed by atoms with Crippen molar-refractivity contribution in [3.05, 3.63) is 18.2 Å². The van der Waals surface area contributed by atoms with Gasteiger partial charge in [-0.25, -0.2) is 0 Å². The number of benzene rings is 1. The number of hydrogen-bond donors (Lipinski definition) is 2. The van der Waals surface area contributed by atoms with Crippen molar-refractivity contribution in [2.24, 2.45) is 11.7 Å². The van der Waals surface area contributed by atoms with E-state index in [0.717, 1.165) is 25.7 Å². The third-order valence-electron chi connectivity index (χ3n) is 5.75. The molecule has 174 valence electrons. The standard InChI is InChI=1S/C21H26F2N4O5/c22-21(23)32-16-9-13(3-6-15(16)26-7-8-31-11-17(26)28)25-20(30)18(19(24)29)27(14-4-5-14)10-12-1-2-12/h3,6,9,12,14,18,21H,1-2,4-5,7-8,10-11H2,(H2,24,29)(H,25,30)/t18-/m0/s1. The number of alkyl halides is 2. The Morgan fingerprint density at radius 3 is 2.62 bits per heavy atom. The molecule has 0 aromatic heterocycles. The summed E-state index contributed by atoms with van der Waals surface area (Å²) in [6.45, 7) is -2.21. The average molecular weight is 452 g/mol. The second-order valence-electron chi connectivity index (χ2n) is 8.32. The molecule has 3 aliphatic rings. The van der Waals surface area contributed by atoms with E-state index in [1.165, 1.54) is 23.1 Å². The van der Waals surface area contributed by atoms with E-state index in [4.69, 9.17) is 10.5 Å². The van der Waals surface area contributed by atoms with Gasteiger partial charge in [0.25, 0.3) is 11.8 Å². The van der Waals surface area contributed by atoms with Crippen LogP contribution >= 0.6 is 0 Å². The van der Waals surface area contributed by atoms with Crippen molar-refractivity contribution in [3.8, 4) is 5.75 Å². The number of ether oxygens (including phenoxy) is 2. The van der Waals surface area contributed by atoms with Gasteiger partial charge in [-0.05, 0) is 43.7 Å². The van der Waals surface area contributed by atoms with Crippen LogP contribution in [-0.4, -0.2) is 67.6 Å². The fourth-order valence-corrected chi connectivity index (χ4v) is 3.90. The van der Waals surface area contributed by atoms with Crippen molar-refractivity contribution in [2.75, 3.05) is 36.5 Å². The number of nitrogens with one attached hydrogen (secondary N) is 1. The van der Waals surface area contributed by atoms with Crippen LogP contribution in [-0.2, 0) is 19.1 Å². The molecule has 0 bridgehead atoms. The summed E-state index contributed by atoms with van der Waals surface area (Å²) in [4.78, 5) is 40.4. The Bertz CT molecular complexity index is 891. The molecule has 1 aromatic rings. The summed E-state index contributed by atoms with van der Waals surface area (Å²) in [7, 11) is 0. The largest absolute Gasteiger partial charge is 0.433 e. The van der Waals surface area contributed by atoms with Gasteiger partial charge in [-0.3, -0.25) is 19.3 Å². The number of nitrogens with zero attached hydrogens (tertiary/aromatic N) is 2. The minimum absolute atomic E-state index is 0.145. The number of nitrogens with two attached hydrogens (primary N) is 1. The zero-order valence-electron chi connectivity index (χ0n) is 17.5. The highest BCUT2D eigenvalue weighted by Crippen LogP contribution is 2.37. The molecule has 4 rings (SSSR count). The Morgan fingerprint density at radius 1 is 1.28 bits per heavy atom. The predicted molar refractivity (Wildman–Crippen MR) is 110 cm³/mol. The Kier molecular flexibility index (Phi) is 6.56. The van der Waals surface area contributed by atoms with E-state index >= 15 is 0 Å².